The lowest BCUT2D eigenvalue weighted by molar-refractivity contribution is 0.0915. The first-order chi connectivity index (χ1) is 8.38. The van der Waals surface area contributed by atoms with Crippen LogP contribution in [0.25, 0.3) is 0 Å². The Hall–Kier alpha value is -1.40. The van der Waals surface area contributed by atoms with Gasteiger partial charge in [0.05, 0.1) is 11.7 Å². The van der Waals surface area contributed by atoms with Crippen molar-refractivity contribution in [2.45, 2.75) is 46.4 Å². The summed E-state index contributed by atoms with van der Waals surface area (Å²) in [7, 11) is 0. The molecule has 6 nitrogen and oxygen atoms in total. The van der Waals surface area contributed by atoms with E-state index in [1.54, 1.807) is 0 Å². The zero-order valence-corrected chi connectivity index (χ0v) is 11.1. The number of aromatic nitrogens is 1. The highest BCUT2D eigenvalue weighted by molar-refractivity contribution is 5.94. The zero-order valence-electron chi connectivity index (χ0n) is 11.1. The van der Waals surface area contributed by atoms with E-state index >= 15 is 0 Å². The summed E-state index contributed by atoms with van der Waals surface area (Å²) in [4.78, 5) is 12.0. The van der Waals surface area contributed by atoms with E-state index in [-0.39, 0.29) is 29.0 Å². The van der Waals surface area contributed by atoms with Crippen molar-refractivity contribution in [3.8, 4) is 0 Å². The molecular weight excluding hydrogens is 236 g/mol. The molecule has 0 aliphatic rings. The van der Waals surface area contributed by atoms with Gasteiger partial charge in [0.2, 0.25) is 0 Å². The van der Waals surface area contributed by atoms with Gasteiger partial charge in [0, 0.05) is 6.04 Å². The number of aliphatic hydroxyl groups is 2. The SMILES string of the molecule is CC(O)c1c(C(=O)NC(C)C(C)C)noc1CO. The summed E-state index contributed by atoms with van der Waals surface area (Å²) in [6.45, 7) is 6.96. The van der Waals surface area contributed by atoms with Gasteiger partial charge >= 0.3 is 0 Å². The maximum absolute atomic E-state index is 12.0. The summed E-state index contributed by atoms with van der Waals surface area (Å²) in [5, 5.41) is 25.1. The molecule has 0 fully saturated rings. The highest BCUT2D eigenvalue weighted by atomic mass is 16.5. The van der Waals surface area contributed by atoms with Gasteiger partial charge in [0.15, 0.2) is 11.5 Å². The molecular formula is C12H20N2O4. The Morgan fingerprint density at radius 2 is 2.00 bits per heavy atom. The lowest BCUT2D eigenvalue weighted by Gasteiger charge is -2.17. The smallest absolute Gasteiger partial charge is 0.274 e. The van der Waals surface area contributed by atoms with Crippen LogP contribution in [-0.4, -0.2) is 27.3 Å². The van der Waals surface area contributed by atoms with Crippen molar-refractivity contribution < 1.29 is 19.5 Å². The topological polar surface area (TPSA) is 95.6 Å². The average Bonchev–Trinajstić information content (AvgIpc) is 2.72. The van der Waals surface area contributed by atoms with E-state index < -0.39 is 18.6 Å². The Labute approximate surface area is 106 Å². The summed E-state index contributed by atoms with van der Waals surface area (Å²) in [6, 6.07) is -0.0198. The van der Waals surface area contributed by atoms with Gasteiger partial charge in [-0.15, -0.1) is 0 Å². The Kier molecular flexibility index (Phi) is 4.86. The van der Waals surface area contributed by atoms with E-state index in [4.69, 9.17) is 9.63 Å². The highest BCUT2D eigenvalue weighted by Gasteiger charge is 2.25. The molecule has 0 saturated heterocycles. The average molecular weight is 256 g/mol. The molecule has 0 aliphatic heterocycles. The third kappa shape index (κ3) is 3.08. The normalized spacial score (nSPS) is 14.6. The number of amides is 1. The van der Waals surface area contributed by atoms with Crippen LogP contribution in [0.3, 0.4) is 0 Å². The van der Waals surface area contributed by atoms with Crippen molar-refractivity contribution in [3.63, 3.8) is 0 Å². The van der Waals surface area contributed by atoms with Crippen LogP contribution < -0.4 is 5.32 Å². The lowest BCUT2D eigenvalue weighted by atomic mass is 10.0. The van der Waals surface area contributed by atoms with Gasteiger partial charge in [-0.1, -0.05) is 19.0 Å². The Morgan fingerprint density at radius 3 is 2.44 bits per heavy atom. The summed E-state index contributed by atoms with van der Waals surface area (Å²) >= 11 is 0. The molecule has 1 heterocycles. The quantitative estimate of drug-likeness (QED) is 0.730. The fourth-order valence-corrected chi connectivity index (χ4v) is 1.48. The molecule has 1 aromatic rings. The second kappa shape index (κ2) is 5.97. The van der Waals surface area contributed by atoms with Crippen molar-refractivity contribution in [2.24, 2.45) is 5.92 Å². The third-order valence-electron chi connectivity index (χ3n) is 2.94. The van der Waals surface area contributed by atoms with Gasteiger partial charge in [-0.05, 0) is 19.8 Å². The standard InChI is InChI=1S/C12H20N2O4/c1-6(2)7(3)13-12(17)11-10(8(4)16)9(5-15)18-14-11/h6-8,15-16H,5H2,1-4H3,(H,13,17). The monoisotopic (exact) mass is 256 g/mol. The van der Waals surface area contributed by atoms with Crippen LogP contribution >= 0.6 is 0 Å². The molecule has 102 valence electrons. The second-order valence-electron chi connectivity index (χ2n) is 4.71. The number of nitrogens with zero attached hydrogens (tertiary/aromatic N) is 1. The summed E-state index contributed by atoms with van der Waals surface area (Å²) in [5.74, 6) is -0.00365. The first-order valence-corrected chi connectivity index (χ1v) is 5.96. The largest absolute Gasteiger partial charge is 0.388 e. The van der Waals surface area contributed by atoms with Crippen LogP contribution in [0, 0.1) is 5.92 Å². The highest BCUT2D eigenvalue weighted by Crippen LogP contribution is 2.22. The Bertz CT molecular complexity index is 412. The van der Waals surface area contributed by atoms with Crippen LogP contribution in [0.15, 0.2) is 4.52 Å². The molecule has 0 aliphatic carbocycles. The third-order valence-corrected chi connectivity index (χ3v) is 2.94. The van der Waals surface area contributed by atoms with Crippen molar-refractivity contribution in [2.75, 3.05) is 0 Å². The van der Waals surface area contributed by atoms with E-state index in [1.807, 2.05) is 20.8 Å². The predicted octanol–water partition coefficient (Wildman–Crippen LogP) is 0.994. The number of rotatable bonds is 5. The summed E-state index contributed by atoms with van der Waals surface area (Å²) < 4.78 is 4.85. The first-order valence-electron chi connectivity index (χ1n) is 5.96. The molecule has 0 bridgehead atoms. The molecule has 0 aromatic carbocycles. The van der Waals surface area contributed by atoms with E-state index in [9.17, 15) is 9.90 Å². The number of carbonyl (C=O) groups is 1. The fraction of sp³-hybridized carbons (Fsp3) is 0.667. The molecule has 2 unspecified atom stereocenters. The van der Waals surface area contributed by atoms with E-state index in [0.29, 0.717) is 0 Å². The van der Waals surface area contributed by atoms with Crippen molar-refractivity contribution in [1.82, 2.24) is 10.5 Å². The van der Waals surface area contributed by atoms with Crippen LogP contribution in [-0.2, 0) is 6.61 Å². The van der Waals surface area contributed by atoms with Crippen molar-refractivity contribution in [1.29, 1.82) is 0 Å². The fourth-order valence-electron chi connectivity index (χ4n) is 1.48. The Balaban J connectivity index is 2.96. The number of carbonyl (C=O) groups excluding carboxylic acids is 1. The zero-order chi connectivity index (χ0) is 13.9. The van der Waals surface area contributed by atoms with Crippen LogP contribution in [0.2, 0.25) is 0 Å². The van der Waals surface area contributed by atoms with E-state index in [2.05, 4.69) is 10.5 Å². The molecule has 6 heteroatoms. The second-order valence-corrected chi connectivity index (χ2v) is 4.71. The molecule has 1 rings (SSSR count). The minimum absolute atomic E-state index is 0.0198. The van der Waals surface area contributed by atoms with Crippen LogP contribution in [0.1, 0.15) is 55.6 Å². The van der Waals surface area contributed by atoms with E-state index in [1.165, 1.54) is 6.92 Å². The molecule has 0 radical (unpaired) electrons. The Morgan fingerprint density at radius 1 is 1.39 bits per heavy atom. The number of hydrogen-bond acceptors (Lipinski definition) is 5. The van der Waals surface area contributed by atoms with E-state index in [0.717, 1.165) is 0 Å². The van der Waals surface area contributed by atoms with Crippen molar-refractivity contribution >= 4 is 5.91 Å². The predicted molar refractivity (Wildman–Crippen MR) is 64.8 cm³/mol. The minimum atomic E-state index is -0.923. The van der Waals surface area contributed by atoms with Gasteiger partial charge in [0.1, 0.15) is 6.61 Å². The van der Waals surface area contributed by atoms with Crippen LogP contribution in [0.5, 0.6) is 0 Å². The maximum Gasteiger partial charge on any atom is 0.274 e. The van der Waals surface area contributed by atoms with Crippen LogP contribution in [0.4, 0.5) is 0 Å². The number of nitrogens with one attached hydrogen (secondary N) is 1. The molecule has 1 amide bonds. The van der Waals surface area contributed by atoms with Gasteiger partial charge in [-0.3, -0.25) is 4.79 Å². The van der Waals surface area contributed by atoms with Gasteiger partial charge < -0.3 is 20.1 Å². The van der Waals surface area contributed by atoms with Gasteiger partial charge in [0.25, 0.3) is 5.91 Å². The minimum Gasteiger partial charge on any atom is -0.388 e. The molecule has 0 saturated carbocycles. The number of aliphatic hydroxyl groups excluding tert-OH is 2. The molecule has 18 heavy (non-hydrogen) atoms. The molecule has 3 N–H and O–H groups in total. The molecule has 2 atom stereocenters. The van der Waals surface area contributed by atoms with Gasteiger partial charge in [-0.25, -0.2) is 0 Å². The first kappa shape index (κ1) is 14.7. The number of hydrogen-bond donors (Lipinski definition) is 3. The van der Waals surface area contributed by atoms with Crippen molar-refractivity contribution in [3.05, 3.63) is 17.0 Å². The molecule has 0 spiro atoms. The maximum atomic E-state index is 12.0. The summed E-state index contributed by atoms with van der Waals surface area (Å²) in [6.07, 6.45) is -0.923. The van der Waals surface area contributed by atoms with Gasteiger partial charge in [-0.2, -0.15) is 0 Å². The molecule has 1 aromatic heterocycles. The lowest BCUT2D eigenvalue weighted by Crippen LogP contribution is -2.36. The summed E-state index contributed by atoms with van der Waals surface area (Å²) in [5.41, 5.74) is 0.271.